The summed E-state index contributed by atoms with van der Waals surface area (Å²) < 4.78 is 26.4. The summed E-state index contributed by atoms with van der Waals surface area (Å²) in [5, 5.41) is 0. The van der Waals surface area contributed by atoms with Crippen LogP contribution in [0.4, 0.5) is 0 Å². The second-order valence-corrected chi connectivity index (χ2v) is 16.6. The van der Waals surface area contributed by atoms with Crippen LogP contribution in [0.2, 0.25) is 0 Å². The van der Waals surface area contributed by atoms with Gasteiger partial charge in [0, 0.05) is 12.8 Å². The second kappa shape index (κ2) is 42.6. The zero-order chi connectivity index (χ0) is 41.1. The molecule has 2 N–H and O–H groups in total. The average Bonchev–Trinajstić information content (AvgIpc) is 3.17. The lowest BCUT2D eigenvalue weighted by molar-refractivity contribution is -0.161. The summed E-state index contributed by atoms with van der Waals surface area (Å²) in [4.78, 5) is 42.9. The van der Waals surface area contributed by atoms with Gasteiger partial charge >= 0.3 is 19.8 Å². The van der Waals surface area contributed by atoms with Crippen molar-refractivity contribution in [1.29, 1.82) is 0 Å². The third kappa shape index (κ3) is 44.7. The molecule has 0 unspecified atom stereocenters. The second-order valence-electron chi connectivity index (χ2n) is 15.4. The van der Waals surface area contributed by atoms with Crippen molar-refractivity contribution in [2.75, 3.05) is 13.2 Å². The lowest BCUT2D eigenvalue weighted by atomic mass is 10.0. The molecule has 0 aromatic heterocycles. The highest BCUT2D eigenvalue weighted by molar-refractivity contribution is 7.46. The Balaban J connectivity index is 3.96. The maximum absolute atomic E-state index is 12.4. The van der Waals surface area contributed by atoms with Gasteiger partial charge in [0.05, 0.1) is 6.61 Å². The van der Waals surface area contributed by atoms with Crippen LogP contribution in [0.15, 0.2) is 48.6 Å². The largest absolute Gasteiger partial charge is 0.469 e. The highest BCUT2D eigenvalue weighted by Gasteiger charge is 2.22. The van der Waals surface area contributed by atoms with Gasteiger partial charge in [-0.3, -0.25) is 14.1 Å². The maximum Gasteiger partial charge on any atom is 0.469 e. The van der Waals surface area contributed by atoms with Crippen LogP contribution in [0.1, 0.15) is 219 Å². The monoisotopic (exact) mass is 809 g/mol. The molecule has 56 heavy (non-hydrogen) atoms. The van der Waals surface area contributed by atoms with Crippen molar-refractivity contribution in [3.8, 4) is 0 Å². The van der Waals surface area contributed by atoms with Gasteiger partial charge in [0.25, 0.3) is 0 Å². The summed E-state index contributed by atoms with van der Waals surface area (Å²) in [6.45, 7) is 3.66. The molecule has 0 aromatic rings. The molecule has 0 radical (unpaired) electrons. The van der Waals surface area contributed by atoms with Gasteiger partial charge in [0.2, 0.25) is 0 Å². The lowest BCUT2D eigenvalue weighted by Crippen LogP contribution is -2.29. The van der Waals surface area contributed by atoms with Gasteiger partial charge < -0.3 is 19.3 Å². The SMILES string of the molecule is CCCCCCCCC/C=C/C/C=C/C/C=C/C/C=C/CCCC(=O)OC[C@H](COP(=O)(O)O)OC(=O)CCCCCCCCCCCCCCCCCCC. The number of hydrogen-bond donors (Lipinski definition) is 2. The molecule has 0 saturated carbocycles. The summed E-state index contributed by atoms with van der Waals surface area (Å²) in [6.07, 6.45) is 52.7. The Bertz CT molecular complexity index is 1050. The Morgan fingerprint density at radius 3 is 1.25 bits per heavy atom. The van der Waals surface area contributed by atoms with E-state index in [1.165, 1.54) is 135 Å². The summed E-state index contributed by atoms with van der Waals surface area (Å²) in [5.74, 6) is -0.943. The van der Waals surface area contributed by atoms with Crippen LogP contribution in [-0.4, -0.2) is 41.0 Å². The van der Waals surface area contributed by atoms with E-state index in [0.717, 1.165) is 44.9 Å². The molecular weight excluding hydrogens is 723 g/mol. The Morgan fingerprint density at radius 2 is 0.821 bits per heavy atom. The topological polar surface area (TPSA) is 119 Å². The van der Waals surface area contributed by atoms with Gasteiger partial charge in [-0.05, 0) is 51.4 Å². The maximum atomic E-state index is 12.4. The van der Waals surface area contributed by atoms with E-state index in [1.54, 1.807) is 0 Å². The van der Waals surface area contributed by atoms with E-state index < -0.39 is 32.5 Å². The Morgan fingerprint density at radius 1 is 0.464 bits per heavy atom. The first-order valence-corrected chi connectivity index (χ1v) is 24.5. The van der Waals surface area contributed by atoms with Crippen molar-refractivity contribution < 1.29 is 37.9 Å². The molecule has 0 aliphatic carbocycles. The summed E-state index contributed by atoms with van der Waals surface area (Å²) in [6, 6.07) is 0. The molecule has 0 spiro atoms. The van der Waals surface area contributed by atoms with E-state index >= 15 is 0 Å². The van der Waals surface area contributed by atoms with Crippen molar-refractivity contribution >= 4 is 19.8 Å². The van der Waals surface area contributed by atoms with Gasteiger partial charge in [-0.25, -0.2) is 4.57 Å². The summed E-state index contributed by atoms with van der Waals surface area (Å²) >= 11 is 0. The first-order valence-electron chi connectivity index (χ1n) is 22.9. The standard InChI is InChI=1S/C47H85O8P/c1-3-5-7-9-11-13-15-17-19-21-22-23-24-26-27-29-31-33-35-37-39-41-46(48)53-43-45(44-54-56(50,51)52)55-47(49)42-40-38-36-34-32-30-28-25-20-18-16-14-12-10-8-6-4-2/h19,21,23-24,27,29,33,35,45H,3-18,20,22,25-26,28,30-32,34,36-44H2,1-2H3,(H2,50,51,52)/b21-19+,24-23+,29-27+,35-33+/t45-/m1/s1. The number of carbonyl (C=O) groups is 2. The molecular formula is C47H85O8P. The van der Waals surface area contributed by atoms with E-state index in [-0.39, 0.29) is 19.4 Å². The predicted molar refractivity (Wildman–Crippen MR) is 234 cm³/mol. The zero-order valence-electron chi connectivity index (χ0n) is 36.0. The summed E-state index contributed by atoms with van der Waals surface area (Å²) in [7, 11) is -4.77. The Kier molecular flexibility index (Phi) is 41.1. The van der Waals surface area contributed by atoms with E-state index in [2.05, 4.69) is 60.9 Å². The predicted octanol–water partition coefficient (Wildman–Crippen LogP) is 14.3. The third-order valence-corrected chi connectivity index (χ3v) is 10.3. The first kappa shape index (κ1) is 54.0. The van der Waals surface area contributed by atoms with Crippen molar-refractivity contribution in [2.45, 2.75) is 225 Å². The highest BCUT2D eigenvalue weighted by atomic mass is 31.2. The number of rotatable bonds is 42. The molecule has 0 rings (SSSR count). The fourth-order valence-corrected chi connectivity index (χ4v) is 6.79. The third-order valence-electron chi connectivity index (χ3n) is 9.85. The van der Waals surface area contributed by atoms with E-state index in [0.29, 0.717) is 12.8 Å². The smallest absolute Gasteiger partial charge is 0.462 e. The van der Waals surface area contributed by atoms with Crippen molar-refractivity contribution in [3.05, 3.63) is 48.6 Å². The van der Waals surface area contributed by atoms with Crippen molar-refractivity contribution in [1.82, 2.24) is 0 Å². The van der Waals surface area contributed by atoms with Crippen molar-refractivity contribution in [2.24, 2.45) is 0 Å². The van der Waals surface area contributed by atoms with Gasteiger partial charge in [0.15, 0.2) is 6.10 Å². The van der Waals surface area contributed by atoms with E-state index in [1.807, 2.05) is 6.08 Å². The number of hydrogen-bond acceptors (Lipinski definition) is 6. The van der Waals surface area contributed by atoms with E-state index in [4.69, 9.17) is 19.3 Å². The molecule has 0 bridgehead atoms. The molecule has 0 aromatic carbocycles. The van der Waals surface area contributed by atoms with Gasteiger partial charge in [-0.15, -0.1) is 0 Å². The average molecular weight is 809 g/mol. The van der Waals surface area contributed by atoms with Crippen LogP contribution in [-0.2, 0) is 28.2 Å². The fourth-order valence-electron chi connectivity index (χ4n) is 6.43. The fraction of sp³-hybridized carbons (Fsp3) is 0.787. The van der Waals surface area contributed by atoms with Gasteiger partial charge in [-0.2, -0.15) is 0 Å². The molecule has 0 aliphatic heterocycles. The molecule has 0 fully saturated rings. The molecule has 1 atom stereocenters. The van der Waals surface area contributed by atoms with E-state index in [9.17, 15) is 14.2 Å². The number of phosphoric ester groups is 1. The Hall–Kier alpha value is -1.99. The van der Waals surface area contributed by atoms with Crippen molar-refractivity contribution in [3.63, 3.8) is 0 Å². The minimum Gasteiger partial charge on any atom is -0.462 e. The molecule has 0 aliphatic rings. The number of allylic oxidation sites excluding steroid dienone is 8. The molecule has 9 heteroatoms. The van der Waals surface area contributed by atoms with Crippen LogP contribution in [0.25, 0.3) is 0 Å². The minimum absolute atomic E-state index is 0.192. The highest BCUT2D eigenvalue weighted by Crippen LogP contribution is 2.36. The number of esters is 2. The normalized spacial score (nSPS) is 12.9. The first-order chi connectivity index (χ1) is 27.3. The summed E-state index contributed by atoms with van der Waals surface area (Å²) in [5.41, 5.74) is 0. The molecule has 0 heterocycles. The van der Waals surface area contributed by atoms with Crippen LogP contribution in [0.5, 0.6) is 0 Å². The van der Waals surface area contributed by atoms with Crippen LogP contribution in [0.3, 0.4) is 0 Å². The minimum atomic E-state index is -4.77. The molecule has 326 valence electrons. The van der Waals surface area contributed by atoms with Crippen LogP contribution < -0.4 is 0 Å². The van der Waals surface area contributed by atoms with Gasteiger partial charge in [-0.1, -0.05) is 204 Å². The molecule has 0 amide bonds. The number of carbonyl (C=O) groups excluding carboxylic acids is 2. The van der Waals surface area contributed by atoms with Crippen LogP contribution in [0, 0.1) is 0 Å². The number of unbranched alkanes of at least 4 members (excludes halogenated alkanes) is 24. The Labute approximate surface area is 344 Å². The van der Waals surface area contributed by atoms with Gasteiger partial charge in [0.1, 0.15) is 6.61 Å². The number of phosphoric acid groups is 1. The number of ether oxygens (including phenoxy) is 2. The van der Waals surface area contributed by atoms with Crippen LogP contribution >= 0.6 is 7.82 Å². The lowest BCUT2D eigenvalue weighted by Gasteiger charge is -2.18. The molecule has 8 nitrogen and oxygen atoms in total. The zero-order valence-corrected chi connectivity index (χ0v) is 36.9. The molecule has 0 saturated heterocycles. The quantitative estimate of drug-likeness (QED) is 0.0271.